The number of carbonyl (C=O) groups is 2. The molecule has 0 fully saturated rings. The third-order valence-corrected chi connectivity index (χ3v) is 2.74. The maximum absolute atomic E-state index is 10.7. The van der Waals surface area contributed by atoms with Gasteiger partial charge in [0.25, 0.3) is 0 Å². The van der Waals surface area contributed by atoms with E-state index in [4.69, 9.17) is 4.74 Å². The van der Waals surface area contributed by atoms with Crippen LogP contribution in [-0.2, 0) is 0 Å². The lowest BCUT2D eigenvalue weighted by molar-refractivity contribution is 0.112. The van der Waals surface area contributed by atoms with Crippen LogP contribution in [0.3, 0.4) is 0 Å². The first-order valence-electron chi connectivity index (χ1n) is 6.48. The molecule has 0 aliphatic rings. The molecule has 1 rings (SSSR count). The summed E-state index contributed by atoms with van der Waals surface area (Å²) in [6.45, 7) is 2.81. The van der Waals surface area contributed by atoms with Gasteiger partial charge in [-0.2, -0.15) is 0 Å². The molecular formula is C15H20O3. The number of hydrogen-bond donors (Lipinski definition) is 0. The zero-order valence-electron chi connectivity index (χ0n) is 10.9. The second kappa shape index (κ2) is 8.45. The lowest BCUT2D eigenvalue weighted by Crippen LogP contribution is -1.99. The van der Waals surface area contributed by atoms with Crippen LogP contribution in [-0.4, -0.2) is 19.2 Å². The van der Waals surface area contributed by atoms with E-state index in [1.54, 1.807) is 18.2 Å². The minimum atomic E-state index is 0.473. The Kier molecular flexibility index (Phi) is 6.77. The highest BCUT2D eigenvalue weighted by Crippen LogP contribution is 2.16. The molecule has 0 heterocycles. The Hall–Kier alpha value is -1.64. The predicted molar refractivity (Wildman–Crippen MR) is 71.5 cm³/mol. The Balaban J connectivity index is 2.41. The number of aldehydes is 2. The first kappa shape index (κ1) is 14.4. The van der Waals surface area contributed by atoms with Crippen molar-refractivity contribution in [1.82, 2.24) is 0 Å². The molecule has 0 radical (unpaired) electrons. The minimum absolute atomic E-state index is 0.473. The molecule has 18 heavy (non-hydrogen) atoms. The quantitative estimate of drug-likeness (QED) is 0.495. The highest BCUT2D eigenvalue weighted by Gasteiger charge is 2.01. The molecule has 0 unspecified atom stereocenters. The Labute approximate surface area is 108 Å². The molecule has 0 saturated heterocycles. The summed E-state index contributed by atoms with van der Waals surface area (Å²) in [7, 11) is 0. The van der Waals surface area contributed by atoms with Crippen molar-refractivity contribution in [1.29, 1.82) is 0 Å². The molecule has 98 valence electrons. The van der Waals surface area contributed by atoms with Gasteiger partial charge in [0.15, 0.2) is 0 Å². The van der Waals surface area contributed by atoms with E-state index in [0.717, 1.165) is 25.4 Å². The van der Waals surface area contributed by atoms with E-state index >= 15 is 0 Å². The molecule has 1 aromatic carbocycles. The van der Waals surface area contributed by atoms with Crippen molar-refractivity contribution in [2.45, 2.75) is 39.0 Å². The molecule has 0 bridgehead atoms. The molecule has 0 aromatic heterocycles. The van der Waals surface area contributed by atoms with Gasteiger partial charge in [0.2, 0.25) is 0 Å². The van der Waals surface area contributed by atoms with Crippen molar-refractivity contribution in [2.75, 3.05) is 6.61 Å². The van der Waals surface area contributed by atoms with Gasteiger partial charge in [0.05, 0.1) is 6.61 Å². The van der Waals surface area contributed by atoms with E-state index in [1.165, 1.54) is 19.3 Å². The number of ether oxygens (including phenoxy) is 1. The fraction of sp³-hybridized carbons (Fsp3) is 0.467. The summed E-state index contributed by atoms with van der Waals surface area (Å²) in [6.07, 6.45) is 7.32. The predicted octanol–water partition coefficient (Wildman–Crippen LogP) is 3.66. The van der Waals surface area contributed by atoms with Gasteiger partial charge >= 0.3 is 0 Å². The summed E-state index contributed by atoms with van der Waals surface area (Å²) in [5, 5.41) is 0. The number of benzene rings is 1. The molecule has 0 amide bonds. The Morgan fingerprint density at radius 2 is 1.56 bits per heavy atom. The van der Waals surface area contributed by atoms with Gasteiger partial charge in [-0.15, -0.1) is 0 Å². The van der Waals surface area contributed by atoms with E-state index in [2.05, 4.69) is 6.92 Å². The molecule has 3 heteroatoms. The van der Waals surface area contributed by atoms with Crippen LogP contribution in [0, 0.1) is 0 Å². The number of rotatable bonds is 9. The van der Waals surface area contributed by atoms with Crippen LogP contribution in [0.2, 0.25) is 0 Å². The largest absolute Gasteiger partial charge is 0.494 e. The summed E-state index contributed by atoms with van der Waals surface area (Å²) < 4.78 is 5.55. The minimum Gasteiger partial charge on any atom is -0.494 e. The van der Waals surface area contributed by atoms with E-state index in [0.29, 0.717) is 23.5 Å². The molecular weight excluding hydrogens is 228 g/mol. The van der Waals surface area contributed by atoms with Crippen LogP contribution >= 0.6 is 0 Å². The SMILES string of the molecule is CCCCCCCOc1cc(C=O)cc(C=O)c1. The van der Waals surface area contributed by atoms with Gasteiger partial charge in [-0.05, 0) is 24.6 Å². The lowest BCUT2D eigenvalue weighted by atomic mass is 10.1. The van der Waals surface area contributed by atoms with Gasteiger partial charge in [-0.3, -0.25) is 9.59 Å². The maximum atomic E-state index is 10.7. The zero-order chi connectivity index (χ0) is 13.2. The lowest BCUT2D eigenvalue weighted by Gasteiger charge is -2.07. The fourth-order valence-electron chi connectivity index (χ4n) is 1.76. The van der Waals surface area contributed by atoms with Crippen LogP contribution in [0.25, 0.3) is 0 Å². The monoisotopic (exact) mass is 248 g/mol. The smallest absolute Gasteiger partial charge is 0.150 e. The van der Waals surface area contributed by atoms with Crippen LogP contribution < -0.4 is 4.74 Å². The van der Waals surface area contributed by atoms with Gasteiger partial charge in [-0.1, -0.05) is 32.6 Å². The van der Waals surface area contributed by atoms with Gasteiger partial charge in [0, 0.05) is 11.1 Å². The summed E-state index contributed by atoms with van der Waals surface area (Å²) in [5.41, 5.74) is 0.946. The Morgan fingerprint density at radius 1 is 0.944 bits per heavy atom. The molecule has 0 saturated carbocycles. The Bertz CT molecular complexity index is 359. The van der Waals surface area contributed by atoms with Gasteiger partial charge in [-0.25, -0.2) is 0 Å². The Morgan fingerprint density at radius 3 is 2.11 bits per heavy atom. The highest BCUT2D eigenvalue weighted by atomic mass is 16.5. The van der Waals surface area contributed by atoms with Crippen LogP contribution in [0.1, 0.15) is 59.7 Å². The van der Waals surface area contributed by atoms with E-state index < -0.39 is 0 Å². The molecule has 1 aromatic rings. The first-order chi connectivity index (χ1) is 8.80. The third kappa shape index (κ3) is 5.13. The van der Waals surface area contributed by atoms with Crippen LogP contribution in [0.4, 0.5) is 0 Å². The standard InChI is InChI=1S/C15H20O3/c1-2-3-4-5-6-7-18-15-9-13(11-16)8-14(10-15)12-17/h8-12H,2-7H2,1H3. The van der Waals surface area contributed by atoms with Crippen molar-refractivity contribution in [3.8, 4) is 5.75 Å². The molecule has 0 aliphatic carbocycles. The summed E-state index contributed by atoms with van der Waals surface area (Å²) in [4.78, 5) is 21.4. The molecule has 0 spiro atoms. The molecule has 0 atom stereocenters. The van der Waals surface area contributed by atoms with Crippen molar-refractivity contribution in [2.24, 2.45) is 0 Å². The van der Waals surface area contributed by atoms with E-state index in [9.17, 15) is 9.59 Å². The zero-order valence-corrected chi connectivity index (χ0v) is 10.9. The van der Waals surface area contributed by atoms with Crippen molar-refractivity contribution in [3.05, 3.63) is 29.3 Å². The van der Waals surface area contributed by atoms with Gasteiger partial charge < -0.3 is 4.74 Å². The fourth-order valence-corrected chi connectivity index (χ4v) is 1.76. The summed E-state index contributed by atoms with van der Waals surface area (Å²) >= 11 is 0. The normalized spacial score (nSPS) is 10.1. The summed E-state index contributed by atoms with van der Waals surface area (Å²) in [6, 6.07) is 4.87. The van der Waals surface area contributed by atoms with Crippen molar-refractivity contribution >= 4 is 12.6 Å². The molecule has 0 N–H and O–H groups in total. The second-order valence-corrected chi connectivity index (χ2v) is 4.33. The van der Waals surface area contributed by atoms with Crippen LogP contribution in [0.5, 0.6) is 5.75 Å². The van der Waals surface area contributed by atoms with Crippen LogP contribution in [0.15, 0.2) is 18.2 Å². The highest BCUT2D eigenvalue weighted by molar-refractivity contribution is 5.83. The first-order valence-corrected chi connectivity index (χ1v) is 6.48. The molecule has 3 nitrogen and oxygen atoms in total. The summed E-state index contributed by atoms with van der Waals surface area (Å²) in [5.74, 6) is 0.595. The average Bonchev–Trinajstić information content (AvgIpc) is 2.42. The molecule has 0 aliphatic heterocycles. The average molecular weight is 248 g/mol. The van der Waals surface area contributed by atoms with E-state index in [1.807, 2.05) is 0 Å². The van der Waals surface area contributed by atoms with Gasteiger partial charge in [0.1, 0.15) is 18.3 Å². The van der Waals surface area contributed by atoms with Crippen molar-refractivity contribution in [3.63, 3.8) is 0 Å². The van der Waals surface area contributed by atoms with Crippen molar-refractivity contribution < 1.29 is 14.3 Å². The van der Waals surface area contributed by atoms with E-state index in [-0.39, 0.29) is 0 Å². The third-order valence-electron chi connectivity index (χ3n) is 2.74. The number of hydrogen-bond acceptors (Lipinski definition) is 3. The maximum Gasteiger partial charge on any atom is 0.150 e. The topological polar surface area (TPSA) is 43.4 Å². The number of unbranched alkanes of at least 4 members (excludes halogenated alkanes) is 4. The number of carbonyl (C=O) groups excluding carboxylic acids is 2. The second-order valence-electron chi connectivity index (χ2n) is 4.33.